The minimum Gasteiger partial charge on any atom is -0.462 e. The van der Waals surface area contributed by atoms with Crippen molar-refractivity contribution in [1.82, 2.24) is 0 Å². The van der Waals surface area contributed by atoms with Crippen molar-refractivity contribution in [3.05, 3.63) is 0 Å². The lowest BCUT2D eigenvalue weighted by Crippen LogP contribution is -2.30. The third kappa shape index (κ3) is 2.57. The summed E-state index contributed by atoms with van der Waals surface area (Å²) in [6, 6.07) is 0. The fourth-order valence-corrected chi connectivity index (χ4v) is 2.17. The molecule has 0 heterocycles. The van der Waals surface area contributed by atoms with Crippen molar-refractivity contribution < 1.29 is 13.9 Å². The summed E-state index contributed by atoms with van der Waals surface area (Å²) in [5, 5.41) is 8.77. The molecule has 0 fully saturated rings. The summed E-state index contributed by atoms with van der Waals surface area (Å²) in [6.45, 7) is 3.48. The van der Waals surface area contributed by atoms with Gasteiger partial charge in [0.2, 0.25) is 0 Å². The SMILES string of the molecule is CS(=[S-](=O)O)C(C)(C)CO. The van der Waals surface area contributed by atoms with Crippen LogP contribution in [-0.4, -0.2) is 27.3 Å². The standard InChI is InChI=1S/C5H13O3S2/c1-5(2,4-6)9(3)10(7)8/h6H,4H2,1-3H3,(H,7,8)/q-1. The lowest BCUT2D eigenvalue weighted by molar-refractivity contribution is 0.264. The van der Waals surface area contributed by atoms with Crippen LogP contribution in [-0.2, 0) is 23.3 Å². The summed E-state index contributed by atoms with van der Waals surface area (Å²) < 4.78 is 18.7. The second-order valence-electron chi connectivity index (χ2n) is 2.59. The van der Waals surface area contributed by atoms with Crippen LogP contribution in [0.4, 0.5) is 0 Å². The second kappa shape index (κ2) is 3.71. The molecule has 0 radical (unpaired) electrons. The molecular weight excluding hydrogens is 172 g/mol. The lowest BCUT2D eigenvalue weighted by atomic mass is 10.2. The molecule has 0 amide bonds. The molecule has 0 aliphatic heterocycles. The number of aliphatic hydroxyl groups is 1. The first kappa shape index (κ1) is 10.4. The molecule has 0 spiro atoms. The maximum atomic E-state index is 10.5. The van der Waals surface area contributed by atoms with Crippen molar-refractivity contribution in [2.75, 3.05) is 12.9 Å². The largest absolute Gasteiger partial charge is 0.462 e. The Balaban J connectivity index is 4.66. The molecule has 0 saturated heterocycles. The van der Waals surface area contributed by atoms with Gasteiger partial charge in [-0.15, -0.1) is 9.64 Å². The summed E-state index contributed by atoms with van der Waals surface area (Å²) in [6.07, 6.45) is 1.67. The minimum absolute atomic E-state index is 0.0566. The Morgan fingerprint density at radius 1 is 1.60 bits per heavy atom. The van der Waals surface area contributed by atoms with Gasteiger partial charge in [0.05, 0.1) is 6.61 Å². The first-order chi connectivity index (χ1) is 4.41. The maximum Gasteiger partial charge on any atom is 0.0550 e. The molecule has 0 aromatic rings. The zero-order chi connectivity index (χ0) is 8.36. The average Bonchev–Trinajstić information content (AvgIpc) is 1.86. The van der Waals surface area contributed by atoms with Crippen LogP contribution in [0.1, 0.15) is 13.8 Å². The average molecular weight is 185 g/mol. The topological polar surface area (TPSA) is 57.5 Å². The molecule has 5 heteroatoms. The Hall–Kier alpha value is 0.420. The third-order valence-corrected chi connectivity index (χ3v) is 6.12. The monoisotopic (exact) mass is 185 g/mol. The van der Waals surface area contributed by atoms with Crippen molar-refractivity contribution in [3.63, 3.8) is 0 Å². The van der Waals surface area contributed by atoms with E-state index in [1.807, 2.05) is 0 Å². The van der Waals surface area contributed by atoms with Crippen LogP contribution in [0, 0.1) is 0 Å². The van der Waals surface area contributed by atoms with Gasteiger partial charge < -0.3 is 13.9 Å². The second-order valence-corrected chi connectivity index (χ2v) is 7.39. The molecule has 3 nitrogen and oxygen atoms in total. The number of hydrogen-bond acceptors (Lipinski definition) is 3. The van der Waals surface area contributed by atoms with Crippen molar-refractivity contribution in [1.29, 1.82) is 0 Å². The van der Waals surface area contributed by atoms with E-state index in [0.717, 1.165) is 0 Å². The van der Waals surface area contributed by atoms with Gasteiger partial charge in [-0.3, -0.25) is 9.45 Å². The van der Waals surface area contributed by atoms with E-state index in [-0.39, 0.29) is 6.61 Å². The van der Waals surface area contributed by atoms with E-state index in [1.165, 1.54) is 0 Å². The molecular formula is C5H13O3S2-. The van der Waals surface area contributed by atoms with Gasteiger partial charge in [-0.05, 0) is 6.26 Å². The van der Waals surface area contributed by atoms with Crippen molar-refractivity contribution in [3.8, 4) is 0 Å². The Morgan fingerprint density at radius 3 is 2.10 bits per heavy atom. The molecule has 1 atom stereocenters. The highest BCUT2D eigenvalue weighted by molar-refractivity contribution is 8.36. The molecule has 10 heavy (non-hydrogen) atoms. The lowest BCUT2D eigenvalue weighted by Gasteiger charge is -2.28. The first-order valence-electron chi connectivity index (χ1n) is 2.80. The molecule has 1 unspecified atom stereocenters. The van der Waals surface area contributed by atoms with E-state index >= 15 is 0 Å². The summed E-state index contributed by atoms with van der Waals surface area (Å²) in [7, 11) is -2.47. The Labute approximate surface area is 64.9 Å². The van der Waals surface area contributed by atoms with Crippen LogP contribution in [0.5, 0.6) is 0 Å². The highest BCUT2D eigenvalue weighted by atomic mass is 32.9. The van der Waals surface area contributed by atoms with E-state index in [9.17, 15) is 4.21 Å². The van der Waals surface area contributed by atoms with Crippen LogP contribution < -0.4 is 0 Å². The van der Waals surface area contributed by atoms with Crippen LogP contribution in [0.25, 0.3) is 0 Å². The van der Waals surface area contributed by atoms with E-state index < -0.39 is 23.8 Å². The first-order valence-corrected chi connectivity index (χ1v) is 6.05. The normalized spacial score (nSPS) is 18.5. The molecule has 2 N–H and O–H groups in total. The summed E-state index contributed by atoms with van der Waals surface area (Å²) in [5.74, 6) is 0. The summed E-state index contributed by atoms with van der Waals surface area (Å²) >= 11 is 0. The zero-order valence-corrected chi connectivity index (χ0v) is 7.96. The molecule has 0 aromatic carbocycles. The van der Waals surface area contributed by atoms with Gasteiger partial charge in [0.25, 0.3) is 0 Å². The summed E-state index contributed by atoms with van der Waals surface area (Å²) in [4.78, 5) is 0. The van der Waals surface area contributed by atoms with Crippen LogP contribution in [0.15, 0.2) is 0 Å². The molecule has 0 saturated carbocycles. The van der Waals surface area contributed by atoms with Crippen LogP contribution in [0.2, 0.25) is 0 Å². The highest BCUT2D eigenvalue weighted by Crippen LogP contribution is 2.11. The molecule has 0 aromatic heterocycles. The number of rotatable bonds is 2. The summed E-state index contributed by atoms with van der Waals surface area (Å²) in [5.41, 5.74) is 0. The van der Waals surface area contributed by atoms with Crippen molar-refractivity contribution >= 4 is 19.1 Å². The van der Waals surface area contributed by atoms with Crippen LogP contribution >= 0.6 is 0 Å². The van der Waals surface area contributed by atoms with E-state index in [4.69, 9.17) is 9.66 Å². The number of hydrogen-bond donors (Lipinski definition) is 2. The minimum atomic E-state index is -1.81. The van der Waals surface area contributed by atoms with Gasteiger partial charge in [-0.2, -0.15) is 0 Å². The Bertz CT molecular complexity index is 191. The van der Waals surface area contributed by atoms with Crippen molar-refractivity contribution in [2.45, 2.75) is 18.6 Å². The fourth-order valence-electron chi connectivity index (χ4n) is 0.284. The van der Waals surface area contributed by atoms with E-state index in [2.05, 4.69) is 0 Å². The zero-order valence-electron chi connectivity index (χ0n) is 6.33. The van der Waals surface area contributed by atoms with E-state index in [0.29, 0.717) is 0 Å². The Kier molecular flexibility index (Phi) is 3.86. The smallest absolute Gasteiger partial charge is 0.0550 e. The molecule has 0 aliphatic rings. The molecule has 64 valence electrons. The maximum absolute atomic E-state index is 10.5. The predicted octanol–water partition coefficient (Wildman–Crippen LogP) is 0.357. The highest BCUT2D eigenvalue weighted by Gasteiger charge is 2.14. The van der Waals surface area contributed by atoms with E-state index in [1.54, 1.807) is 20.1 Å². The third-order valence-electron chi connectivity index (χ3n) is 1.37. The van der Waals surface area contributed by atoms with Gasteiger partial charge >= 0.3 is 0 Å². The number of aliphatic hydroxyl groups excluding tert-OH is 1. The quantitative estimate of drug-likeness (QED) is 0.482. The molecule has 0 aliphatic carbocycles. The predicted molar refractivity (Wildman–Crippen MR) is 45.1 cm³/mol. The van der Waals surface area contributed by atoms with Gasteiger partial charge in [0.15, 0.2) is 0 Å². The van der Waals surface area contributed by atoms with Crippen LogP contribution in [0.3, 0.4) is 0 Å². The fraction of sp³-hybridized carbons (Fsp3) is 1.00. The van der Waals surface area contributed by atoms with Crippen molar-refractivity contribution in [2.24, 2.45) is 0 Å². The molecule has 0 rings (SSSR count). The van der Waals surface area contributed by atoms with Gasteiger partial charge in [0.1, 0.15) is 0 Å². The van der Waals surface area contributed by atoms with Gasteiger partial charge in [-0.1, -0.05) is 13.8 Å². The van der Waals surface area contributed by atoms with Gasteiger partial charge in [-0.25, -0.2) is 0 Å². The van der Waals surface area contributed by atoms with Gasteiger partial charge in [0, 0.05) is 4.75 Å². The molecule has 0 bridgehead atoms. The Morgan fingerprint density at radius 2 is 2.00 bits per heavy atom.